The van der Waals surface area contributed by atoms with Crippen LogP contribution in [0.2, 0.25) is 0 Å². The first-order chi connectivity index (χ1) is 15.9. The summed E-state index contributed by atoms with van der Waals surface area (Å²) >= 11 is 4.40. The maximum absolute atomic E-state index is 12.7. The number of carbonyl (C=O) groups excluding carboxylic acids is 2. The first-order valence-electron chi connectivity index (χ1n) is 10.4. The number of ether oxygens (including phenoxy) is 1. The van der Waals surface area contributed by atoms with Crippen molar-refractivity contribution in [1.29, 1.82) is 0 Å². The summed E-state index contributed by atoms with van der Waals surface area (Å²) in [6.07, 6.45) is 0.920. The third-order valence-electron chi connectivity index (χ3n) is 5.25. The number of aromatic nitrogens is 3. The number of rotatable bonds is 8. The van der Waals surface area contributed by atoms with Gasteiger partial charge in [-0.3, -0.25) is 4.79 Å². The second-order valence-corrected chi connectivity index (χ2v) is 10.5. The zero-order valence-corrected chi connectivity index (χ0v) is 21.2. The van der Waals surface area contributed by atoms with Gasteiger partial charge >= 0.3 is 5.97 Å². The van der Waals surface area contributed by atoms with E-state index in [1.54, 1.807) is 11.3 Å². The molecule has 0 spiro atoms. The molecule has 10 heteroatoms. The molecular formula is C23H24N4O3S3. The van der Waals surface area contributed by atoms with Crippen LogP contribution in [0.4, 0.5) is 5.00 Å². The van der Waals surface area contributed by atoms with Crippen LogP contribution in [0.25, 0.3) is 21.5 Å². The highest BCUT2D eigenvalue weighted by Crippen LogP contribution is 2.35. The van der Waals surface area contributed by atoms with Crippen LogP contribution in [0.5, 0.6) is 0 Å². The number of esters is 1. The van der Waals surface area contributed by atoms with Crippen LogP contribution >= 0.6 is 34.4 Å². The Hall–Kier alpha value is -2.69. The van der Waals surface area contributed by atoms with Gasteiger partial charge in [-0.2, -0.15) is 0 Å². The lowest BCUT2D eigenvalue weighted by Crippen LogP contribution is -2.16. The number of nitrogens with zero attached hydrogens (tertiary/aromatic N) is 3. The Kier molecular flexibility index (Phi) is 7.16. The van der Waals surface area contributed by atoms with Crippen molar-refractivity contribution in [2.24, 2.45) is 0 Å². The molecule has 0 aliphatic carbocycles. The maximum Gasteiger partial charge on any atom is 0.341 e. The second-order valence-electron chi connectivity index (χ2n) is 7.42. The Morgan fingerprint density at radius 3 is 2.76 bits per heavy atom. The predicted octanol–water partition coefficient (Wildman–Crippen LogP) is 5.77. The molecule has 4 rings (SSSR count). The molecule has 0 aliphatic heterocycles. The van der Waals surface area contributed by atoms with E-state index < -0.39 is 5.97 Å². The Bertz CT molecular complexity index is 1320. The predicted molar refractivity (Wildman–Crippen MR) is 136 cm³/mol. The minimum Gasteiger partial charge on any atom is -0.465 e. The smallest absolute Gasteiger partial charge is 0.341 e. The van der Waals surface area contributed by atoms with Gasteiger partial charge in [0.2, 0.25) is 5.91 Å². The molecule has 0 unspecified atom stereocenters. The molecule has 1 amide bonds. The van der Waals surface area contributed by atoms with E-state index in [9.17, 15) is 9.59 Å². The first-order valence-corrected chi connectivity index (χ1v) is 13.1. The number of anilines is 1. The number of methoxy groups -OCH3 is 1. The second kappa shape index (κ2) is 10.1. The van der Waals surface area contributed by atoms with Gasteiger partial charge in [-0.15, -0.1) is 32.9 Å². The molecule has 0 fully saturated rings. The summed E-state index contributed by atoms with van der Waals surface area (Å²) in [7, 11) is 1.34. The number of hydrogen-bond donors (Lipinski definition) is 1. The Labute approximate surface area is 204 Å². The van der Waals surface area contributed by atoms with Gasteiger partial charge < -0.3 is 14.6 Å². The highest BCUT2D eigenvalue weighted by molar-refractivity contribution is 7.99. The van der Waals surface area contributed by atoms with Crippen molar-refractivity contribution in [1.82, 2.24) is 14.8 Å². The number of hydrogen-bond acceptors (Lipinski definition) is 8. The van der Waals surface area contributed by atoms with Gasteiger partial charge in [0.15, 0.2) is 11.0 Å². The zero-order valence-electron chi connectivity index (χ0n) is 18.8. The van der Waals surface area contributed by atoms with E-state index in [0.29, 0.717) is 15.7 Å². The van der Waals surface area contributed by atoms with Crippen LogP contribution in [0.1, 0.15) is 34.1 Å². The zero-order chi connectivity index (χ0) is 23.5. The van der Waals surface area contributed by atoms with Crippen LogP contribution in [-0.4, -0.2) is 39.5 Å². The molecule has 0 aliphatic rings. The summed E-state index contributed by atoms with van der Waals surface area (Å²) in [5.41, 5.74) is 2.30. The number of benzene rings is 1. The minimum atomic E-state index is -0.449. The van der Waals surface area contributed by atoms with Gasteiger partial charge in [0.25, 0.3) is 0 Å². The van der Waals surface area contributed by atoms with E-state index in [1.807, 2.05) is 26.0 Å². The molecule has 4 aromatic rings. The van der Waals surface area contributed by atoms with Crippen molar-refractivity contribution in [3.63, 3.8) is 0 Å². The highest BCUT2D eigenvalue weighted by Gasteiger charge is 2.22. The molecule has 7 nitrogen and oxygen atoms in total. The Morgan fingerprint density at radius 2 is 2.00 bits per heavy atom. The fourth-order valence-corrected chi connectivity index (χ4v) is 6.30. The van der Waals surface area contributed by atoms with E-state index in [-0.39, 0.29) is 11.7 Å². The fraction of sp³-hybridized carbons (Fsp3) is 0.304. The van der Waals surface area contributed by atoms with Crippen LogP contribution in [0, 0.1) is 13.8 Å². The number of aryl methyl sites for hydroxylation is 1. The number of nitrogens with one attached hydrogen (secondary N) is 1. The number of carbonyl (C=O) groups is 2. The summed E-state index contributed by atoms with van der Waals surface area (Å²) in [5, 5.41) is 16.2. The number of thiophene rings is 2. The third kappa shape index (κ3) is 4.68. The highest BCUT2D eigenvalue weighted by atomic mass is 32.2. The van der Waals surface area contributed by atoms with Crippen molar-refractivity contribution < 1.29 is 14.3 Å². The average molecular weight is 501 g/mol. The van der Waals surface area contributed by atoms with Crippen LogP contribution < -0.4 is 5.32 Å². The fourth-order valence-electron chi connectivity index (χ4n) is 3.53. The van der Waals surface area contributed by atoms with Gasteiger partial charge in [0.1, 0.15) is 5.00 Å². The molecule has 3 aromatic heterocycles. The lowest BCUT2D eigenvalue weighted by atomic mass is 10.1. The SMILES string of the molecule is CCCn1c(SCC(=O)Nc2sc(C)c(C)c2C(=O)OC)nnc1-c1csc2ccccc12. The molecule has 172 valence electrons. The van der Waals surface area contributed by atoms with E-state index in [0.717, 1.165) is 40.2 Å². The van der Waals surface area contributed by atoms with Gasteiger partial charge in [-0.25, -0.2) is 4.79 Å². The molecule has 0 saturated carbocycles. The quantitative estimate of drug-likeness (QED) is 0.244. The molecular weight excluding hydrogens is 476 g/mol. The molecule has 33 heavy (non-hydrogen) atoms. The van der Waals surface area contributed by atoms with Gasteiger partial charge in [-0.05, 0) is 31.9 Å². The summed E-state index contributed by atoms with van der Waals surface area (Å²) in [6, 6.07) is 8.24. The molecule has 0 radical (unpaired) electrons. The molecule has 0 atom stereocenters. The van der Waals surface area contributed by atoms with Crippen molar-refractivity contribution in [2.75, 3.05) is 18.2 Å². The molecule has 1 aromatic carbocycles. The van der Waals surface area contributed by atoms with Crippen molar-refractivity contribution in [3.8, 4) is 11.4 Å². The normalized spacial score (nSPS) is 11.2. The standard InChI is InChI=1S/C23H24N4O3S3/c1-5-10-27-20(16-11-31-17-9-7-6-8-15(16)17)25-26-23(27)32-12-18(28)24-21-19(22(29)30-4)13(2)14(3)33-21/h6-9,11H,5,10,12H2,1-4H3,(H,24,28). The largest absolute Gasteiger partial charge is 0.465 e. The minimum absolute atomic E-state index is 0.156. The number of thioether (sulfide) groups is 1. The van der Waals surface area contributed by atoms with E-state index in [4.69, 9.17) is 4.74 Å². The van der Waals surface area contributed by atoms with Gasteiger partial charge in [-0.1, -0.05) is 36.9 Å². The maximum atomic E-state index is 12.7. The van der Waals surface area contributed by atoms with E-state index in [1.165, 1.54) is 34.9 Å². The monoisotopic (exact) mass is 500 g/mol. The summed E-state index contributed by atoms with van der Waals surface area (Å²) in [6.45, 7) is 6.63. The lowest BCUT2D eigenvalue weighted by molar-refractivity contribution is -0.113. The molecule has 3 heterocycles. The number of fused-ring (bicyclic) bond motifs is 1. The summed E-state index contributed by atoms with van der Waals surface area (Å²) in [4.78, 5) is 25.8. The third-order valence-corrected chi connectivity index (χ3v) is 8.30. The van der Waals surface area contributed by atoms with Crippen molar-refractivity contribution in [3.05, 3.63) is 45.6 Å². The van der Waals surface area contributed by atoms with Gasteiger partial charge in [0, 0.05) is 32.5 Å². The first kappa shape index (κ1) is 23.5. The van der Waals surface area contributed by atoms with E-state index >= 15 is 0 Å². The van der Waals surface area contributed by atoms with Crippen molar-refractivity contribution >= 4 is 61.4 Å². The topological polar surface area (TPSA) is 86.1 Å². The number of amides is 1. The molecule has 1 N–H and O–H groups in total. The van der Waals surface area contributed by atoms with E-state index in [2.05, 4.69) is 44.5 Å². The Morgan fingerprint density at radius 1 is 1.21 bits per heavy atom. The van der Waals surface area contributed by atoms with Crippen LogP contribution in [-0.2, 0) is 16.1 Å². The summed E-state index contributed by atoms with van der Waals surface area (Å²) in [5.74, 6) is 0.313. The van der Waals surface area contributed by atoms with Crippen LogP contribution in [0.15, 0.2) is 34.8 Å². The van der Waals surface area contributed by atoms with Crippen molar-refractivity contribution in [2.45, 2.75) is 38.9 Å². The van der Waals surface area contributed by atoms with Crippen LogP contribution in [0.3, 0.4) is 0 Å². The van der Waals surface area contributed by atoms with Gasteiger partial charge in [0.05, 0.1) is 18.4 Å². The lowest BCUT2D eigenvalue weighted by Gasteiger charge is -2.09. The molecule has 0 saturated heterocycles. The Balaban J connectivity index is 1.53. The molecule has 0 bridgehead atoms. The average Bonchev–Trinajstić information content (AvgIpc) is 3.48. The summed E-state index contributed by atoms with van der Waals surface area (Å²) < 4.78 is 8.16.